The van der Waals surface area contributed by atoms with Crippen molar-refractivity contribution >= 4 is 17.4 Å². The summed E-state index contributed by atoms with van der Waals surface area (Å²) >= 11 is 6.05. The van der Waals surface area contributed by atoms with Crippen molar-refractivity contribution in [3.63, 3.8) is 0 Å². The summed E-state index contributed by atoms with van der Waals surface area (Å²) in [7, 11) is 0. The number of rotatable bonds is 5. The van der Waals surface area contributed by atoms with Gasteiger partial charge in [0.2, 0.25) is 0 Å². The van der Waals surface area contributed by atoms with E-state index in [1.54, 1.807) is 10.7 Å². The van der Waals surface area contributed by atoms with Crippen molar-refractivity contribution < 1.29 is 4.74 Å². The average molecular weight is 266 g/mol. The number of benzene rings is 1. The van der Waals surface area contributed by atoms with Gasteiger partial charge in [0.25, 0.3) is 0 Å². The second-order valence-electron chi connectivity index (χ2n) is 3.96. The third-order valence-corrected chi connectivity index (χ3v) is 3.02. The van der Waals surface area contributed by atoms with Gasteiger partial charge >= 0.3 is 0 Å². The Bertz CT molecular complexity index is 525. The van der Waals surface area contributed by atoms with Crippen LogP contribution in [0.2, 0.25) is 5.02 Å². The van der Waals surface area contributed by atoms with Crippen LogP contribution in [0.15, 0.2) is 30.5 Å². The maximum absolute atomic E-state index is 6.05. The molecule has 2 rings (SSSR count). The predicted molar refractivity (Wildman–Crippen MR) is 73.0 cm³/mol. The van der Waals surface area contributed by atoms with Crippen LogP contribution in [0.3, 0.4) is 0 Å². The number of nitrogens with zero attached hydrogens (tertiary/aromatic N) is 2. The number of halogens is 1. The normalized spacial score (nSPS) is 10.6. The highest BCUT2D eigenvalue weighted by molar-refractivity contribution is 6.31. The fraction of sp³-hybridized carbons (Fsp3) is 0.308. The number of ether oxygens (including phenoxy) is 1. The molecule has 1 aromatic heterocycles. The van der Waals surface area contributed by atoms with Gasteiger partial charge in [0.05, 0.1) is 6.54 Å². The van der Waals surface area contributed by atoms with Gasteiger partial charge in [-0.25, -0.2) is 0 Å². The molecule has 0 saturated carbocycles. The summed E-state index contributed by atoms with van der Waals surface area (Å²) in [6, 6.07) is 7.47. The highest BCUT2D eigenvalue weighted by Gasteiger charge is 2.01. The Morgan fingerprint density at radius 2 is 2.22 bits per heavy atom. The molecule has 0 aliphatic carbocycles. The van der Waals surface area contributed by atoms with E-state index in [1.807, 2.05) is 24.4 Å². The molecule has 0 radical (unpaired) electrons. The minimum atomic E-state index is 0.523. The zero-order chi connectivity index (χ0) is 13.0. The molecular weight excluding hydrogens is 250 g/mol. The van der Waals surface area contributed by atoms with Crippen LogP contribution in [0.1, 0.15) is 12.5 Å². The van der Waals surface area contributed by atoms with E-state index in [2.05, 4.69) is 12.0 Å². The Morgan fingerprint density at radius 1 is 1.39 bits per heavy atom. The second kappa shape index (κ2) is 5.78. The SMILES string of the molecule is CCc1cc(OCCn2ccc(N)n2)ccc1Cl. The smallest absolute Gasteiger partial charge is 0.145 e. The molecule has 0 bridgehead atoms. The molecule has 18 heavy (non-hydrogen) atoms. The number of aryl methyl sites for hydroxylation is 1. The van der Waals surface area contributed by atoms with Gasteiger partial charge in [0.1, 0.15) is 18.2 Å². The van der Waals surface area contributed by atoms with E-state index < -0.39 is 0 Å². The third-order valence-electron chi connectivity index (χ3n) is 2.65. The van der Waals surface area contributed by atoms with Crippen LogP contribution in [0.5, 0.6) is 5.75 Å². The van der Waals surface area contributed by atoms with E-state index in [-0.39, 0.29) is 0 Å². The Labute approximate surface area is 111 Å². The Kier molecular flexibility index (Phi) is 4.10. The fourth-order valence-corrected chi connectivity index (χ4v) is 1.92. The van der Waals surface area contributed by atoms with Crippen LogP contribution in [-0.4, -0.2) is 16.4 Å². The lowest BCUT2D eigenvalue weighted by molar-refractivity contribution is 0.291. The third kappa shape index (κ3) is 3.17. The maximum Gasteiger partial charge on any atom is 0.145 e. The summed E-state index contributed by atoms with van der Waals surface area (Å²) in [4.78, 5) is 0. The van der Waals surface area contributed by atoms with Gasteiger partial charge in [-0.1, -0.05) is 18.5 Å². The summed E-state index contributed by atoms with van der Waals surface area (Å²) in [6.07, 6.45) is 2.73. The van der Waals surface area contributed by atoms with E-state index in [0.29, 0.717) is 19.0 Å². The van der Waals surface area contributed by atoms with E-state index in [0.717, 1.165) is 22.8 Å². The van der Waals surface area contributed by atoms with Crippen molar-refractivity contribution in [3.8, 4) is 5.75 Å². The van der Waals surface area contributed by atoms with E-state index >= 15 is 0 Å². The molecule has 0 spiro atoms. The lowest BCUT2D eigenvalue weighted by Gasteiger charge is -2.08. The first kappa shape index (κ1) is 12.8. The molecule has 0 aliphatic rings. The van der Waals surface area contributed by atoms with Crippen molar-refractivity contribution in [2.75, 3.05) is 12.3 Å². The molecular formula is C13H16ClN3O. The standard InChI is InChI=1S/C13H16ClN3O/c1-2-10-9-11(3-4-12(10)14)18-8-7-17-6-5-13(15)16-17/h3-6,9H,2,7-8H2,1H3,(H2,15,16). The number of nitrogen functional groups attached to an aromatic ring is 1. The van der Waals surface area contributed by atoms with E-state index in [1.165, 1.54) is 0 Å². The van der Waals surface area contributed by atoms with Crippen molar-refractivity contribution in [2.24, 2.45) is 0 Å². The van der Waals surface area contributed by atoms with Gasteiger partial charge in [-0.2, -0.15) is 5.10 Å². The lowest BCUT2D eigenvalue weighted by atomic mass is 10.1. The van der Waals surface area contributed by atoms with E-state index in [9.17, 15) is 0 Å². The summed E-state index contributed by atoms with van der Waals surface area (Å²) in [6.45, 7) is 3.28. The minimum absolute atomic E-state index is 0.523. The monoisotopic (exact) mass is 265 g/mol. The Balaban J connectivity index is 1.90. The van der Waals surface area contributed by atoms with Gasteiger partial charge in [0, 0.05) is 11.2 Å². The molecule has 0 unspecified atom stereocenters. The van der Waals surface area contributed by atoms with Crippen LogP contribution in [0.25, 0.3) is 0 Å². The largest absolute Gasteiger partial charge is 0.492 e. The second-order valence-corrected chi connectivity index (χ2v) is 4.37. The molecule has 0 amide bonds. The van der Waals surface area contributed by atoms with Gasteiger partial charge in [-0.3, -0.25) is 4.68 Å². The maximum atomic E-state index is 6.05. The van der Waals surface area contributed by atoms with E-state index in [4.69, 9.17) is 22.1 Å². The van der Waals surface area contributed by atoms with Crippen LogP contribution in [0, 0.1) is 0 Å². The first-order valence-electron chi connectivity index (χ1n) is 5.89. The number of aromatic nitrogens is 2. The van der Waals surface area contributed by atoms with Gasteiger partial charge in [-0.15, -0.1) is 0 Å². The zero-order valence-electron chi connectivity index (χ0n) is 10.3. The highest BCUT2D eigenvalue weighted by Crippen LogP contribution is 2.22. The Morgan fingerprint density at radius 3 is 2.89 bits per heavy atom. The quantitative estimate of drug-likeness (QED) is 0.904. The summed E-state index contributed by atoms with van der Waals surface area (Å²) in [5.41, 5.74) is 6.62. The van der Waals surface area contributed by atoms with Gasteiger partial charge in [-0.05, 0) is 36.2 Å². The molecule has 1 aromatic carbocycles. The van der Waals surface area contributed by atoms with Crippen LogP contribution < -0.4 is 10.5 Å². The molecule has 2 N–H and O–H groups in total. The molecule has 0 saturated heterocycles. The topological polar surface area (TPSA) is 53.1 Å². The molecule has 5 heteroatoms. The molecule has 4 nitrogen and oxygen atoms in total. The molecule has 2 aromatic rings. The van der Waals surface area contributed by atoms with Crippen molar-refractivity contribution in [2.45, 2.75) is 19.9 Å². The fourth-order valence-electron chi connectivity index (χ4n) is 1.67. The number of nitrogens with two attached hydrogens (primary N) is 1. The summed E-state index contributed by atoms with van der Waals surface area (Å²) < 4.78 is 7.41. The average Bonchev–Trinajstić information content (AvgIpc) is 2.77. The molecule has 96 valence electrons. The molecule has 0 fully saturated rings. The summed E-state index contributed by atoms with van der Waals surface area (Å²) in [5.74, 6) is 1.35. The minimum Gasteiger partial charge on any atom is -0.492 e. The van der Waals surface area contributed by atoms with Crippen molar-refractivity contribution in [1.29, 1.82) is 0 Å². The molecule has 0 aliphatic heterocycles. The zero-order valence-corrected chi connectivity index (χ0v) is 11.0. The number of hydrogen-bond acceptors (Lipinski definition) is 3. The first-order chi connectivity index (χ1) is 8.69. The van der Waals surface area contributed by atoms with Crippen LogP contribution >= 0.6 is 11.6 Å². The van der Waals surface area contributed by atoms with Gasteiger partial charge in [0.15, 0.2) is 0 Å². The molecule has 1 heterocycles. The Hall–Kier alpha value is -1.68. The first-order valence-corrected chi connectivity index (χ1v) is 6.27. The number of hydrogen-bond donors (Lipinski definition) is 1. The van der Waals surface area contributed by atoms with Crippen LogP contribution in [0.4, 0.5) is 5.82 Å². The molecule has 0 atom stereocenters. The highest BCUT2D eigenvalue weighted by atomic mass is 35.5. The number of anilines is 1. The van der Waals surface area contributed by atoms with Crippen molar-refractivity contribution in [1.82, 2.24) is 9.78 Å². The lowest BCUT2D eigenvalue weighted by Crippen LogP contribution is -2.09. The predicted octanol–water partition coefficient (Wildman–Crippen LogP) is 2.76. The van der Waals surface area contributed by atoms with Crippen LogP contribution in [-0.2, 0) is 13.0 Å². The van der Waals surface area contributed by atoms with Gasteiger partial charge < -0.3 is 10.5 Å². The summed E-state index contributed by atoms with van der Waals surface area (Å²) in [5, 5.41) is 4.87. The van der Waals surface area contributed by atoms with Crippen molar-refractivity contribution in [3.05, 3.63) is 41.0 Å².